The number of hydrogen-bond acceptors (Lipinski definition) is 3. The Morgan fingerprint density at radius 2 is 1.43 bits per heavy atom. The van der Waals surface area contributed by atoms with Crippen LogP contribution in [-0.2, 0) is 0 Å². The highest BCUT2D eigenvalue weighted by Crippen LogP contribution is 2.36. The van der Waals surface area contributed by atoms with Gasteiger partial charge < -0.3 is 0 Å². The van der Waals surface area contributed by atoms with Crippen molar-refractivity contribution in [2.24, 2.45) is 0 Å². The Hall–Kier alpha value is -1.40. The average Bonchev–Trinajstić information content (AvgIpc) is 2.51. The molecule has 0 aliphatic heterocycles. The Balaban J connectivity index is 2.02. The van der Waals surface area contributed by atoms with E-state index in [0.29, 0.717) is 21.6 Å². The van der Waals surface area contributed by atoms with Crippen molar-refractivity contribution in [3.63, 3.8) is 0 Å². The van der Waals surface area contributed by atoms with Crippen LogP contribution in [0.3, 0.4) is 0 Å². The zero-order valence-corrected chi connectivity index (χ0v) is 14.2. The van der Waals surface area contributed by atoms with Crippen LogP contribution in [0.1, 0.15) is 27.6 Å². The van der Waals surface area contributed by atoms with E-state index >= 15 is 0 Å². The molecular weight excluding hydrogens is 395 g/mol. The summed E-state index contributed by atoms with van der Waals surface area (Å²) in [5.41, 5.74) is 1.54. The summed E-state index contributed by atoms with van der Waals surface area (Å²) in [6, 6.07) is 14.9. The molecule has 0 N–H and O–H groups in total. The SMILES string of the molecule is CC1=C(Sc2ccc(I)cc2)C(=O)c2ccccc2C1=O. The number of benzene rings is 2. The van der Waals surface area contributed by atoms with E-state index in [1.54, 1.807) is 31.2 Å². The molecule has 0 fully saturated rings. The first-order valence-corrected chi connectivity index (χ1v) is 8.30. The van der Waals surface area contributed by atoms with Crippen LogP contribution in [0, 0.1) is 3.57 Å². The molecule has 0 unspecified atom stereocenters. The van der Waals surface area contributed by atoms with Crippen LogP contribution in [-0.4, -0.2) is 11.6 Å². The van der Waals surface area contributed by atoms with Crippen LogP contribution in [0.25, 0.3) is 0 Å². The van der Waals surface area contributed by atoms with Crippen LogP contribution in [0.2, 0.25) is 0 Å². The molecule has 0 bridgehead atoms. The normalized spacial score (nSPS) is 14.4. The van der Waals surface area contributed by atoms with Crippen molar-refractivity contribution < 1.29 is 9.59 Å². The largest absolute Gasteiger partial charge is 0.289 e. The second kappa shape index (κ2) is 5.77. The van der Waals surface area contributed by atoms with Gasteiger partial charge in [-0.2, -0.15) is 0 Å². The predicted octanol–water partition coefficient (Wildman–Crippen LogP) is 4.74. The van der Waals surface area contributed by atoms with Crippen molar-refractivity contribution >= 4 is 45.9 Å². The zero-order chi connectivity index (χ0) is 15.0. The minimum atomic E-state index is -0.0637. The Bertz CT molecular complexity index is 776. The minimum absolute atomic E-state index is 0.0572. The van der Waals surface area contributed by atoms with E-state index in [1.165, 1.54) is 11.8 Å². The zero-order valence-electron chi connectivity index (χ0n) is 11.2. The van der Waals surface area contributed by atoms with Gasteiger partial charge in [0.25, 0.3) is 0 Å². The summed E-state index contributed by atoms with van der Waals surface area (Å²) in [6.45, 7) is 1.73. The van der Waals surface area contributed by atoms with Crippen molar-refractivity contribution in [3.8, 4) is 0 Å². The third-order valence-electron chi connectivity index (χ3n) is 3.34. The van der Waals surface area contributed by atoms with Gasteiger partial charge in [-0.25, -0.2) is 0 Å². The molecular formula is C17H11IO2S. The number of thioether (sulfide) groups is 1. The number of halogens is 1. The molecule has 2 nitrogen and oxygen atoms in total. The maximum Gasteiger partial charge on any atom is 0.200 e. The summed E-state index contributed by atoms with van der Waals surface area (Å²) in [7, 11) is 0. The van der Waals surface area contributed by atoms with E-state index in [9.17, 15) is 9.59 Å². The van der Waals surface area contributed by atoms with E-state index in [2.05, 4.69) is 22.6 Å². The van der Waals surface area contributed by atoms with Crippen molar-refractivity contribution in [3.05, 3.63) is 73.7 Å². The Morgan fingerprint density at radius 3 is 2.05 bits per heavy atom. The minimum Gasteiger partial charge on any atom is -0.289 e. The van der Waals surface area contributed by atoms with Crippen LogP contribution in [0.5, 0.6) is 0 Å². The molecule has 0 radical (unpaired) electrons. The highest BCUT2D eigenvalue weighted by Gasteiger charge is 2.29. The van der Waals surface area contributed by atoms with Gasteiger partial charge in [0.2, 0.25) is 5.78 Å². The van der Waals surface area contributed by atoms with Gasteiger partial charge in [-0.05, 0) is 53.8 Å². The molecule has 0 atom stereocenters. The van der Waals surface area contributed by atoms with Gasteiger partial charge in [-0.1, -0.05) is 36.0 Å². The summed E-state index contributed by atoms with van der Waals surface area (Å²) in [4.78, 5) is 26.5. The number of ketones is 2. The van der Waals surface area contributed by atoms with E-state index in [-0.39, 0.29) is 11.6 Å². The van der Waals surface area contributed by atoms with Crippen LogP contribution >= 0.6 is 34.4 Å². The van der Waals surface area contributed by atoms with Gasteiger partial charge in [0, 0.05) is 25.2 Å². The molecule has 0 heterocycles. The van der Waals surface area contributed by atoms with Crippen LogP contribution in [0.15, 0.2) is 63.9 Å². The summed E-state index contributed by atoms with van der Waals surface area (Å²) in [5.74, 6) is -0.121. The Morgan fingerprint density at radius 1 is 0.857 bits per heavy atom. The van der Waals surface area contributed by atoms with Crippen LogP contribution < -0.4 is 0 Å². The number of Topliss-reactive ketones (excluding diaryl/α,β-unsaturated/α-hetero) is 2. The van der Waals surface area contributed by atoms with Crippen LogP contribution in [0.4, 0.5) is 0 Å². The molecule has 1 aliphatic carbocycles. The first kappa shape index (κ1) is 14.5. The maximum atomic E-state index is 12.6. The quantitative estimate of drug-likeness (QED) is 0.676. The fourth-order valence-electron chi connectivity index (χ4n) is 2.22. The molecule has 0 saturated carbocycles. The van der Waals surface area contributed by atoms with Gasteiger partial charge in [0.15, 0.2) is 5.78 Å². The number of carbonyl (C=O) groups is 2. The molecule has 0 aromatic heterocycles. The number of carbonyl (C=O) groups excluding carboxylic acids is 2. The monoisotopic (exact) mass is 406 g/mol. The van der Waals surface area contributed by atoms with Gasteiger partial charge in [-0.15, -0.1) is 0 Å². The number of rotatable bonds is 2. The summed E-state index contributed by atoms with van der Waals surface area (Å²) < 4.78 is 1.14. The lowest BCUT2D eigenvalue weighted by Crippen LogP contribution is -2.19. The summed E-state index contributed by atoms with van der Waals surface area (Å²) in [6.07, 6.45) is 0. The lowest BCUT2D eigenvalue weighted by Gasteiger charge is -2.18. The standard InChI is InChI=1S/C17H11IO2S/c1-10-15(19)13-4-2-3-5-14(13)16(20)17(10)21-12-8-6-11(18)7-9-12/h2-9H,1H3. The predicted molar refractivity (Wildman–Crippen MR) is 92.8 cm³/mol. The molecule has 2 aromatic carbocycles. The summed E-state index contributed by atoms with van der Waals surface area (Å²) in [5, 5.41) is 0. The maximum absolute atomic E-state index is 12.6. The first-order valence-electron chi connectivity index (χ1n) is 6.40. The number of allylic oxidation sites excluding steroid dienone is 2. The third kappa shape index (κ3) is 2.70. The molecule has 1 aliphatic rings. The van der Waals surface area contributed by atoms with E-state index in [1.807, 2.05) is 24.3 Å². The highest BCUT2D eigenvalue weighted by atomic mass is 127. The lowest BCUT2D eigenvalue weighted by molar-refractivity contribution is 0.0981. The number of hydrogen-bond donors (Lipinski definition) is 0. The van der Waals surface area contributed by atoms with Crippen molar-refractivity contribution in [2.45, 2.75) is 11.8 Å². The van der Waals surface area contributed by atoms with Crippen molar-refractivity contribution in [1.29, 1.82) is 0 Å². The van der Waals surface area contributed by atoms with E-state index < -0.39 is 0 Å². The average molecular weight is 406 g/mol. The Kier molecular flexibility index (Phi) is 3.99. The molecule has 2 aromatic rings. The van der Waals surface area contributed by atoms with Gasteiger partial charge in [0.1, 0.15) is 0 Å². The molecule has 3 rings (SSSR count). The van der Waals surface area contributed by atoms with Crippen molar-refractivity contribution in [1.82, 2.24) is 0 Å². The Labute approximate surface area is 140 Å². The molecule has 0 amide bonds. The van der Waals surface area contributed by atoms with Gasteiger partial charge in [-0.3, -0.25) is 9.59 Å². The smallest absolute Gasteiger partial charge is 0.200 e. The topological polar surface area (TPSA) is 34.1 Å². The molecule has 4 heteroatoms. The van der Waals surface area contributed by atoms with Gasteiger partial charge in [0.05, 0.1) is 4.91 Å². The van der Waals surface area contributed by atoms with E-state index in [4.69, 9.17) is 0 Å². The first-order chi connectivity index (χ1) is 10.1. The molecule has 0 spiro atoms. The number of fused-ring (bicyclic) bond motifs is 1. The van der Waals surface area contributed by atoms with E-state index in [0.717, 1.165) is 8.47 Å². The second-order valence-corrected chi connectivity index (χ2v) is 7.04. The molecule has 0 saturated heterocycles. The fraction of sp³-hybridized carbons (Fsp3) is 0.0588. The molecule has 104 valence electrons. The summed E-state index contributed by atoms with van der Waals surface area (Å²) >= 11 is 3.60. The molecule has 21 heavy (non-hydrogen) atoms. The second-order valence-electron chi connectivity index (χ2n) is 4.71. The van der Waals surface area contributed by atoms with Crippen molar-refractivity contribution in [2.75, 3.05) is 0 Å². The third-order valence-corrected chi connectivity index (χ3v) is 5.26. The fourth-order valence-corrected chi connectivity index (χ4v) is 3.54. The highest BCUT2D eigenvalue weighted by molar-refractivity contribution is 14.1. The lowest BCUT2D eigenvalue weighted by atomic mass is 9.90. The van der Waals surface area contributed by atoms with Gasteiger partial charge >= 0.3 is 0 Å².